The number of fused-ring (bicyclic) bond motifs is 1. The molecule has 2 heterocycles. The first-order valence-electron chi connectivity index (χ1n) is 9.89. The van der Waals surface area contributed by atoms with Crippen LogP contribution in [0.1, 0.15) is 48.3 Å². The summed E-state index contributed by atoms with van der Waals surface area (Å²) in [5.41, 5.74) is 5.19. The zero-order valence-corrected chi connectivity index (χ0v) is 17.1. The van der Waals surface area contributed by atoms with Crippen LogP contribution in [0.3, 0.4) is 0 Å². The van der Waals surface area contributed by atoms with Gasteiger partial charge in [0.05, 0.1) is 5.69 Å². The molecule has 0 spiro atoms. The summed E-state index contributed by atoms with van der Waals surface area (Å²) in [6.07, 6.45) is 1.24. The van der Waals surface area contributed by atoms with Crippen LogP contribution < -0.4 is 0 Å². The zero-order valence-electron chi connectivity index (χ0n) is 17.1. The standard InChI is InChI=1S/C22H29N3O3/c1-14(2)12-25-16(4)19(15(3)23-25)9-10-21(26)24-13-18-8-6-5-7-17(18)11-20(24)22(27)28/h5-8,14,20H,9-13H2,1-4H3,(H,27,28)/t20-/m0/s1. The van der Waals surface area contributed by atoms with E-state index < -0.39 is 12.0 Å². The summed E-state index contributed by atoms with van der Waals surface area (Å²) < 4.78 is 2.01. The number of aryl methyl sites for hydroxylation is 1. The molecule has 0 unspecified atom stereocenters. The number of hydrogen-bond acceptors (Lipinski definition) is 3. The number of carboxylic acid groups (broad SMARTS) is 1. The molecule has 6 nitrogen and oxygen atoms in total. The van der Waals surface area contributed by atoms with E-state index in [0.29, 0.717) is 31.7 Å². The lowest BCUT2D eigenvalue weighted by molar-refractivity contribution is -0.151. The number of nitrogens with zero attached hydrogens (tertiary/aromatic N) is 3. The highest BCUT2D eigenvalue weighted by Crippen LogP contribution is 2.25. The van der Waals surface area contributed by atoms with E-state index >= 15 is 0 Å². The highest BCUT2D eigenvalue weighted by Gasteiger charge is 2.34. The molecule has 28 heavy (non-hydrogen) atoms. The number of rotatable bonds is 6. The predicted octanol–water partition coefficient (Wildman–Crippen LogP) is 3.13. The van der Waals surface area contributed by atoms with Crippen LogP contribution in [0.5, 0.6) is 0 Å². The number of carboxylic acids is 1. The van der Waals surface area contributed by atoms with Crippen molar-refractivity contribution in [3.8, 4) is 0 Å². The van der Waals surface area contributed by atoms with Crippen molar-refractivity contribution in [1.29, 1.82) is 0 Å². The summed E-state index contributed by atoms with van der Waals surface area (Å²) in [6, 6.07) is 6.96. The number of carbonyl (C=O) groups is 2. The Bertz CT molecular complexity index is 885. The van der Waals surface area contributed by atoms with E-state index in [-0.39, 0.29) is 5.91 Å². The maximum absolute atomic E-state index is 12.9. The van der Waals surface area contributed by atoms with Gasteiger partial charge in [-0.3, -0.25) is 9.48 Å². The Morgan fingerprint density at radius 2 is 1.89 bits per heavy atom. The lowest BCUT2D eigenvalue weighted by Crippen LogP contribution is -2.48. The molecule has 1 aliphatic heterocycles. The normalized spacial score (nSPS) is 16.3. The lowest BCUT2D eigenvalue weighted by Gasteiger charge is -2.34. The average Bonchev–Trinajstić information content (AvgIpc) is 2.91. The molecule has 0 saturated carbocycles. The molecule has 1 N–H and O–H groups in total. The molecule has 6 heteroatoms. The van der Waals surface area contributed by atoms with Gasteiger partial charge in [-0.2, -0.15) is 5.10 Å². The van der Waals surface area contributed by atoms with Gasteiger partial charge in [-0.25, -0.2) is 4.79 Å². The third-order valence-electron chi connectivity index (χ3n) is 5.51. The van der Waals surface area contributed by atoms with E-state index in [1.807, 2.05) is 42.8 Å². The van der Waals surface area contributed by atoms with Crippen LogP contribution in [0.2, 0.25) is 0 Å². The van der Waals surface area contributed by atoms with Gasteiger partial charge in [0, 0.05) is 31.6 Å². The summed E-state index contributed by atoms with van der Waals surface area (Å²) in [5.74, 6) is -0.561. The molecule has 1 atom stereocenters. The average molecular weight is 383 g/mol. The number of carbonyl (C=O) groups excluding carboxylic acids is 1. The maximum Gasteiger partial charge on any atom is 0.326 e. The van der Waals surface area contributed by atoms with E-state index in [0.717, 1.165) is 34.6 Å². The van der Waals surface area contributed by atoms with Crippen LogP contribution in [0.15, 0.2) is 24.3 Å². The van der Waals surface area contributed by atoms with E-state index in [1.54, 1.807) is 0 Å². The van der Waals surface area contributed by atoms with Crippen molar-refractivity contribution >= 4 is 11.9 Å². The van der Waals surface area contributed by atoms with Crippen LogP contribution in [-0.2, 0) is 35.5 Å². The van der Waals surface area contributed by atoms with Crippen molar-refractivity contribution in [3.63, 3.8) is 0 Å². The quantitative estimate of drug-likeness (QED) is 0.832. The molecule has 1 aromatic carbocycles. The Morgan fingerprint density at radius 3 is 2.54 bits per heavy atom. The first-order valence-corrected chi connectivity index (χ1v) is 9.89. The molecule has 0 fully saturated rings. The molecule has 150 valence electrons. The van der Waals surface area contributed by atoms with Gasteiger partial charge >= 0.3 is 5.97 Å². The third-order valence-corrected chi connectivity index (χ3v) is 5.51. The Kier molecular flexibility index (Phi) is 5.87. The molecule has 1 aliphatic rings. The Hall–Kier alpha value is -2.63. The fraction of sp³-hybridized carbons (Fsp3) is 0.500. The molecule has 2 aromatic rings. The molecule has 1 amide bonds. The van der Waals surface area contributed by atoms with Crippen molar-refractivity contribution in [2.24, 2.45) is 5.92 Å². The van der Waals surface area contributed by atoms with Crippen LogP contribution in [0.4, 0.5) is 0 Å². The maximum atomic E-state index is 12.9. The predicted molar refractivity (Wildman–Crippen MR) is 107 cm³/mol. The van der Waals surface area contributed by atoms with Gasteiger partial charge < -0.3 is 10.0 Å². The second-order valence-electron chi connectivity index (χ2n) is 8.07. The minimum absolute atomic E-state index is 0.114. The highest BCUT2D eigenvalue weighted by atomic mass is 16.4. The summed E-state index contributed by atoms with van der Waals surface area (Å²) in [7, 11) is 0. The van der Waals surface area contributed by atoms with Crippen molar-refractivity contribution < 1.29 is 14.7 Å². The SMILES string of the molecule is Cc1nn(CC(C)C)c(C)c1CCC(=O)N1Cc2ccccc2C[C@H]1C(=O)O. The van der Waals surface area contributed by atoms with Gasteiger partial charge in [-0.15, -0.1) is 0 Å². The summed E-state index contributed by atoms with van der Waals surface area (Å²) in [6.45, 7) is 9.53. The molecule has 3 rings (SSSR count). The molecular formula is C22H29N3O3. The van der Waals surface area contributed by atoms with Gasteiger partial charge in [0.2, 0.25) is 5.91 Å². The minimum atomic E-state index is -0.944. The first kappa shape index (κ1) is 20.1. The van der Waals surface area contributed by atoms with Crippen molar-refractivity contribution in [2.45, 2.75) is 66.1 Å². The molecule has 0 aliphatic carbocycles. The van der Waals surface area contributed by atoms with Gasteiger partial charge in [0.1, 0.15) is 6.04 Å². The van der Waals surface area contributed by atoms with E-state index in [2.05, 4.69) is 18.9 Å². The van der Waals surface area contributed by atoms with Crippen LogP contribution in [0, 0.1) is 19.8 Å². The second kappa shape index (κ2) is 8.17. The number of amides is 1. The van der Waals surface area contributed by atoms with Crippen molar-refractivity contribution in [3.05, 3.63) is 52.3 Å². The Morgan fingerprint density at radius 1 is 1.21 bits per heavy atom. The number of hydrogen-bond donors (Lipinski definition) is 1. The molecule has 1 aromatic heterocycles. The minimum Gasteiger partial charge on any atom is -0.480 e. The zero-order chi connectivity index (χ0) is 20.4. The van der Waals surface area contributed by atoms with Gasteiger partial charge in [-0.05, 0) is 42.9 Å². The number of benzene rings is 1. The van der Waals surface area contributed by atoms with Crippen LogP contribution in [-0.4, -0.2) is 37.7 Å². The molecule has 0 saturated heterocycles. The third kappa shape index (κ3) is 4.11. The Labute approximate surface area is 166 Å². The molecular weight excluding hydrogens is 354 g/mol. The van der Waals surface area contributed by atoms with Crippen molar-refractivity contribution in [1.82, 2.24) is 14.7 Å². The highest BCUT2D eigenvalue weighted by molar-refractivity contribution is 5.84. The van der Waals surface area contributed by atoms with E-state index in [4.69, 9.17) is 0 Å². The molecule has 0 radical (unpaired) electrons. The fourth-order valence-electron chi connectivity index (χ4n) is 4.00. The van der Waals surface area contributed by atoms with Crippen LogP contribution >= 0.6 is 0 Å². The van der Waals surface area contributed by atoms with Gasteiger partial charge in [0.15, 0.2) is 0 Å². The summed E-state index contributed by atoms with van der Waals surface area (Å²) in [4.78, 5) is 26.2. The summed E-state index contributed by atoms with van der Waals surface area (Å²) >= 11 is 0. The van der Waals surface area contributed by atoms with Gasteiger partial charge in [0.25, 0.3) is 0 Å². The monoisotopic (exact) mass is 383 g/mol. The summed E-state index contributed by atoms with van der Waals surface area (Å²) in [5, 5.41) is 14.2. The first-order chi connectivity index (χ1) is 13.3. The van der Waals surface area contributed by atoms with Crippen molar-refractivity contribution in [2.75, 3.05) is 0 Å². The topological polar surface area (TPSA) is 75.4 Å². The fourth-order valence-corrected chi connectivity index (χ4v) is 4.00. The Balaban J connectivity index is 1.74. The lowest BCUT2D eigenvalue weighted by atomic mass is 9.93. The number of aromatic nitrogens is 2. The molecule has 0 bridgehead atoms. The smallest absolute Gasteiger partial charge is 0.326 e. The van der Waals surface area contributed by atoms with E-state index in [1.165, 1.54) is 4.90 Å². The van der Waals surface area contributed by atoms with Crippen LogP contribution in [0.25, 0.3) is 0 Å². The second-order valence-corrected chi connectivity index (χ2v) is 8.07. The largest absolute Gasteiger partial charge is 0.480 e. The number of aliphatic carboxylic acids is 1. The van der Waals surface area contributed by atoms with Gasteiger partial charge in [-0.1, -0.05) is 38.1 Å². The van der Waals surface area contributed by atoms with E-state index in [9.17, 15) is 14.7 Å².